The van der Waals surface area contributed by atoms with Gasteiger partial charge in [0.1, 0.15) is 0 Å². The molecule has 0 aliphatic rings. The Labute approximate surface area is 89.7 Å². The van der Waals surface area contributed by atoms with Gasteiger partial charge in [0.25, 0.3) is 0 Å². The van der Waals surface area contributed by atoms with Crippen molar-refractivity contribution >= 4 is 16.0 Å². The molecule has 0 heterocycles. The van der Waals surface area contributed by atoms with Crippen molar-refractivity contribution < 1.29 is 23.1 Å². The summed E-state index contributed by atoms with van der Waals surface area (Å²) in [7, 11) is -3.87. The average Bonchev–Trinajstić information content (AvgIpc) is 2.12. The topological polar surface area (TPSA) is 92.7 Å². The van der Waals surface area contributed by atoms with E-state index in [1.807, 2.05) is 0 Å². The molecule has 2 N–H and O–H groups in total. The monoisotopic (exact) mass is 239 g/mol. The van der Waals surface area contributed by atoms with Crippen LogP contribution in [0, 0.1) is 0 Å². The van der Waals surface area contributed by atoms with Crippen molar-refractivity contribution in [3.05, 3.63) is 0 Å². The third-order valence-electron chi connectivity index (χ3n) is 1.93. The number of carboxylic acid groups (broad SMARTS) is 1. The molecular weight excluding hydrogens is 222 g/mol. The van der Waals surface area contributed by atoms with E-state index in [0.717, 1.165) is 13.8 Å². The summed E-state index contributed by atoms with van der Waals surface area (Å²) >= 11 is 0. The van der Waals surface area contributed by atoms with E-state index in [0.29, 0.717) is 6.61 Å². The molecule has 0 amide bonds. The van der Waals surface area contributed by atoms with Crippen LogP contribution in [0.4, 0.5) is 0 Å². The van der Waals surface area contributed by atoms with Gasteiger partial charge in [-0.05, 0) is 20.8 Å². The molecule has 6 nitrogen and oxygen atoms in total. The van der Waals surface area contributed by atoms with E-state index >= 15 is 0 Å². The lowest BCUT2D eigenvalue weighted by molar-refractivity contribution is -0.139. The van der Waals surface area contributed by atoms with Crippen molar-refractivity contribution in [1.82, 2.24) is 4.72 Å². The van der Waals surface area contributed by atoms with E-state index in [9.17, 15) is 13.2 Å². The molecule has 0 aromatic heterocycles. The molecule has 0 unspecified atom stereocenters. The van der Waals surface area contributed by atoms with Crippen molar-refractivity contribution in [2.45, 2.75) is 25.5 Å². The summed E-state index contributed by atoms with van der Waals surface area (Å²) in [5.74, 6) is -1.38. The van der Waals surface area contributed by atoms with Gasteiger partial charge in [0.15, 0.2) is 4.75 Å². The Morgan fingerprint density at radius 1 is 1.47 bits per heavy atom. The first-order chi connectivity index (χ1) is 6.75. The molecule has 0 spiro atoms. The third kappa shape index (κ3) is 3.77. The molecule has 0 aromatic carbocycles. The predicted molar refractivity (Wildman–Crippen MR) is 55.1 cm³/mol. The summed E-state index contributed by atoms with van der Waals surface area (Å²) in [5.41, 5.74) is 0. The minimum Gasteiger partial charge on any atom is -0.480 e. The fraction of sp³-hybridized carbons (Fsp3) is 0.875. The smallest absolute Gasteiger partial charge is 0.325 e. The normalized spacial score (nSPS) is 12.7. The molecule has 7 heteroatoms. The van der Waals surface area contributed by atoms with E-state index in [2.05, 4.69) is 4.72 Å². The van der Waals surface area contributed by atoms with Crippen LogP contribution in [0.15, 0.2) is 0 Å². The van der Waals surface area contributed by atoms with E-state index in [1.54, 1.807) is 6.92 Å². The first-order valence-electron chi connectivity index (χ1n) is 4.56. The summed E-state index contributed by atoms with van der Waals surface area (Å²) in [4.78, 5) is 10.7. The molecule has 0 atom stereocenters. The minimum absolute atomic E-state index is 0.0763. The van der Waals surface area contributed by atoms with Gasteiger partial charge in [-0.15, -0.1) is 0 Å². The number of carboxylic acids is 1. The van der Waals surface area contributed by atoms with Crippen LogP contribution in [0.3, 0.4) is 0 Å². The highest BCUT2D eigenvalue weighted by Crippen LogP contribution is 2.14. The maximum atomic E-state index is 11.5. The highest BCUT2D eigenvalue weighted by molar-refractivity contribution is 7.91. The van der Waals surface area contributed by atoms with Crippen molar-refractivity contribution in [3.8, 4) is 0 Å². The highest BCUT2D eigenvalue weighted by atomic mass is 32.2. The number of aliphatic carboxylic acids is 1. The Kier molecular flexibility index (Phi) is 5.19. The van der Waals surface area contributed by atoms with Gasteiger partial charge in [-0.1, -0.05) is 0 Å². The number of hydrogen-bond donors (Lipinski definition) is 2. The summed E-state index contributed by atoms with van der Waals surface area (Å²) in [6.45, 7) is 4.86. The van der Waals surface area contributed by atoms with Crippen molar-refractivity contribution in [2.24, 2.45) is 0 Å². The molecule has 0 saturated carbocycles. The van der Waals surface area contributed by atoms with E-state index in [-0.39, 0.29) is 13.2 Å². The molecule has 0 aliphatic carbocycles. The molecule has 0 radical (unpaired) electrons. The Morgan fingerprint density at radius 2 is 2.00 bits per heavy atom. The van der Waals surface area contributed by atoms with E-state index in [4.69, 9.17) is 9.84 Å². The average molecular weight is 239 g/mol. The lowest BCUT2D eigenvalue weighted by Crippen LogP contribution is -2.48. The van der Waals surface area contributed by atoms with Crippen molar-refractivity contribution in [1.29, 1.82) is 0 Å². The molecule has 0 bridgehead atoms. The highest BCUT2D eigenvalue weighted by Gasteiger charge is 2.41. The van der Waals surface area contributed by atoms with E-state index < -0.39 is 20.7 Å². The quantitative estimate of drug-likeness (QED) is 0.600. The third-order valence-corrected chi connectivity index (χ3v) is 4.03. The van der Waals surface area contributed by atoms with Gasteiger partial charge in [-0.3, -0.25) is 4.79 Å². The van der Waals surface area contributed by atoms with Crippen LogP contribution in [-0.2, 0) is 19.6 Å². The first kappa shape index (κ1) is 14.3. The summed E-state index contributed by atoms with van der Waals surface area (Å²) in [5, 5.41) is 8.73. The van der Waals surface area contributed by atoms with Crippen molar-refractivity contribution in [3.63, 3.8) is 0 Å². The van der Waals surface area contributed by atoms with Crippen LogP contribution in [0.1, 0.15) is 20.8 Å². The number of ether oxygens (including phenoxy) is 1. The van der Waals surface area contributed by atoms with Crippen LogP contribution in [0.5, 0.6) is 0 Å². The standard InChI is InChI=1S/C8H17NO5S/c1-4-14-6-5-9-15(12,13)8(2,3)7(10)11/h9H,4-6H2,1-3H3,(H,10,11). The maximum Gasteiger partial charge on any atom is 0.325 e. The number of rotatable bonds is 7. The molecule has 0 aromatic rings. The molecule has 15 heavy (non-hydrogen) atoms. The van der Waals surface area contributed by atoms with Gasteiger partial charge in [0, 0.05) is 13.2 Å². The summed E-state index contributed by atoms with van der Waals surface area (Å²) in [6, 6.07) is 0. The first-order valence-corrected chi connectivity index (χ1v) is 6.04. The van der Waals surface area contributed by atoms with Gasteiger partial charge >= 0.3 is 5.97 Å². The molecule has 0 aliphatic heterocycles. The zero-order chi connectivity index (χ0) is 12.1. The largest absolute Gasteiger partial charge is 0.480 e. The molecular formula is C8H17NO5S. The molecule has 90 valence electrons. The second-order valence-electron chi connectivity index (χ2n) is 3.41. The van der Waals surface area contributed by atoms with Crippen LogP contribution < -0.4 is 4.72 Å². The molecule has 0 saturated heterocycles. The number of sulfonamides is 1. The lowest BCUT2D eigenvalue weighted by Gasteiger charge is -2.19. The number of carbonyl (C=O) groups is 1. The second-order valence-corrected chi connectivity index (χ2v) is 5.73. The van der Waals surface area contributed by atoms with Gasteiger partial charge in [0.05, 0.1) is 6.61 Å². The van der Waals surface area contributed by atoms with Crippen LogP contribution >= 0.6 is 0 Å². The van der Waals surface area contributed by atoms with Crippen LogP contribution in [-0.4, -0.2) is 44.0 Å². The van der Waals surface area contributed by atoms with Crippen LogP contribution in [0.25, 0.3) is 0 Å². The predicted octanol–water partition coefficient (Wildman–Crippen LogP) is -0.194. The number of nitrogens with one attached hydrogen (secondary N) is 1. The zero-order valence-electron chi connectivity index (χ0n) is 9.11. The Morgan fingerprint density at radius 3 is 2.40 bits per heavy atom. The zero-order valence-corrected chi connectivity index (χ0v) is 9.93. The SMILES string of the molecule is CCOCCNS(=O)(=O)C(C)(C)C(=O)O. The number of hydrogen-bond acceptors (Lipinski definition) is 4. The second kappa shape index (κ2) is 5.43. The van der Waals surface area contributed by atoms with Gasteiger partial charge < -0.3 is 9.84 Å². The van der Waals surface area contributed by atoms with Gasteiger partial charge in [-0.2, -0.15) is 0 Å². The molecule has 0 fully saturated rings. The fourth-order valence-corrected chi connectivity index (χ4v) is 1.63. The minimum atomic E-state index is -3.87. The Bertz CT molecular complexity index is 309. The maximum absolute atomic E-state index is 11.5. The van der Waals surface area contributed by atoms with Crippen LogP contribution in [0.2, 0.25) is 0 Å². The Hall–Kier alpha value is -0.660. The Balaban J connectivity index is 4.37. The van der Waals surface area contributed by atoms with Crippen molar-refractivity contribution in [2.75, 3.05) is 19.8 Å². The molecule has 0 rings (SSSR count). The fourth-order valence-electron chi connectivity index (χ4n) is 0.688. The van der Waals surface area contributed by atoms with Gasteiger partial charge in [0.2, 0.25) is 10.0 Å². The van der Waals surface area contributed by atoms with Gasteiger partial charge in [-0.25, -0.2) is 13.1 Å². The lowest BCUT2D eigenvalue weighted by atomic mass is 10.2. The summed E-state index contributed by atoms with van der Waals surface area (Å²) < 4.78 is 28.3. The summed E-state index contributed by atoms with van der Waals surface area (Å²) in [6.07, 6.45) is 0. The van der Waals surface area contributed by atoms with E-state index in [1.165, 1.54) is 0 Å².